The first-order valence-electron chi connectivity index (χ1n) is 10.3. The summed E-state index contributed by atoms with van der Waals surface area (Å²) >= 11 is 0. The van der Waals surface area contributed by atoms with Crippen molar-refractivity contribution in [2.24, 2.45) is 0 Å². The molecule has 0 spiro atoms. The van der Waals surface area contributed by atoms with Gasteiger partial charge in [-0.1, -0.05) is 38.3 Å². The number of hydrogen-bond donors (Lipinski definition) is 1. The molecule has 28 heavy (non-hydrogen) atoms. The summed E-state index contributed by atoms with van der Waals surface area (Å²) in [5.41, 5.74) is 1.40. The van der Waals surface area contributed by atoms with Gasteiger partial charge >= 0.3 is 0 Å². The van der Waals surface area contributed by atoms with E-state index in [1.807, 2.05) is 48.5 Å². The zero-order valence-electron chi connectivity index (χ0n) is 17.2. The number of methoxy groups -OCH3 is 1. The van der Waals surface area contributed by atoms with Crippen molar-refractivity contribution in [2.75, 3.05) is 12.4 Å². The van der Waals surface area contributed by atoms with Crippen LogP contribution in [0, 0.1) is 0 Å². The lowest BCUT2D eigenvalue weighted by Gasteiger charge is -2.36. The molecule has 1 atom stereocenters. The van der Waals surface area contributed by atoms with E-state index >= 15 is 0 Å². The summed E-state index contributed by atoms with van der Waals surface area (Å²) in [5.74, 6) is 1.72. The SMILES string of the molecule is CC[C@@H](C)Oc1ccc(NC(=O)C2(c3ccc(OC)cc3)CCCCC2)cc1. The number of carbonyl (C=O) groups excluding carboxylic acids is 1. The maximum absolute atomic E-state index is 13.4. The Morgan fingerprint density at radius 2 is 1.61 bits per heavy atom. The lowest BCUT2D eigenvalue weighted by Crippen LogP contribution is -2.42. The van der Waals surface area contributed by atoms with Crippen LogP contribution in [0.1, 0.15) is 57.9 Å². The lowest BCUT2D eigenvalue weighted by molar-refractivity contribution is -0.122. The molecule has 4 heteroatoms. The van der Waals surface area contributed by atoms with Crippen LogP contribution in [0.2, 0.25) is 0 Å². The highest BCUT2D eigenvalue weighted by Gasteiger charge is 2.41. The summed E-state index contributed by atoms with van der Waals surface area (Å²) < 4.78 is 11.1. The number of anilines is 1. The first-order valence-corrected chi connectivity index (χ1v) is 10.3. The number of ether oxygens (including phenoxy) is 2. The Labute approximate surface area is 168 Å². The molecule has 0 heterocycles. The van der Waals surface area contributed by atoms with Crippen molar-refractivity contribution >= 4 is 11.6 Å². The second-order valence-electron chi connectivity index (χ2n) is 7.69. The molecule has 150 valence electrons. The summed E-state index contributed by atoms with van der Waals surface area (Å²) in [6.07, 6.45) is 6.22. The van der Waals surface area contributed by atoms with E-state index in [0.29, 0.717) is 0 Å². The van der Waals surface area contributed by atoms with Crippen molar-refractivity contribution in [3.8, 4) is 11.5 Å². The topological polar surface area (TPSA) is 47.6 Å². The molecule has 2 aromatic rings. The highest BCUT2D eigenvalue weighted by atomic mass is 16.5. The third-order valence-electron chi connectivity index (χ3n) is 5.81. The second kappa shape index (κ2) is 9.13. The predicted octanol–water partition coefficient (Wildman–Crippen LogP) is 5.71. The first kappa shape index (κ1) is 20.2. The minimum atomic E-state index is -0.476. The summed E-state index contributed by atoms with van der Waals surface area (Å²) in [5, 5.41) is 3.15. The van der Waals surface area contributed by atoms with Crippen LogP contribution in [0.4, 0.5) is 5.69 Å². The lowest BCUT2D eigenvalue weighted by atomic mass is 9.68. The van der Waals surface area contributed by atoms with Gasteiger partial charge in [-0.05, 0) is 68.1 Å². The van der Waals surface area contributed by atoms with Gasteiger partial charge in [0, 0.05) is 5.69 Å². The molecular weight excluding hydrogens is 350 g/mol. The van der Waals surface area contributed by atoms with Crippen molar-refractivity contribution in [3.63, 3.8) is 0 Å². The minimum Gasteiger partial charge on any atom is -0.497 e. The Morgan fingerprint density at radius 3 is 2.18 bits per heavy atom. The van der Waals surface area contributed by atoms with E-state index in [1.54, 1.807) is 7.11 Å². The van der Waals surface area contributed by atoms with Crippen molar-refractivity contribution < 1.29 is 14.3 Å². The molecule has 0 unspecified atom stereocenters. The largest absolute Gasteiger partial charge is 0.497 e. The monoisotopic (exact) mass is 381 g/mol. The molecule has 0 bridgehead atoms. The predicted molar refractivity (Wildman–Crippen MR) is 113 cm³/mol. The van der Waals surface area contributed by atoms with E-state index in [4.69, 9.17) is 9.47 Å². The molecule has 0 aliphatic heterocycles. The average Bonchev–Trinajstić information content (AvgIpc) is 2.75. The second-order valence-corrected chi connectivity index (χ2v) is 7.69. The zero-order valence-corrected chi connectivity index (χ0v) is 17.2. The highest BCUT2D eigenvalue weighted by molar-refractivity contribution is 5.99. The van der Waals surface area contributed by atoms with Gasteiger partial charge in [0.15, 0.2) is 0 Å². The molecule has 1 N–H and O–H groups in total. The molecule has 3 rings (SSSR count). The van der Waals surface area contributed by atoms with Crippen LogP contribution in [-0.2, 0) is 10.2 Å². The van der Waals surface area contributed by atoms with Gasteiger partial charge in [0.05, 0.1) is 18.6 Å². The summed E-state index contributed by atoms with van der Waals surface area (Å²) in [7, 11) is 1.66. The Balaban J connectivity index is 1.78. The Bertz CT molecular complexity index is 761. The van der Waals surface area contributed by atoms with E-state index in [-0.39, 0.29) is 12.0 Å². The van der Waals surface area contributed by atoms with Crippen LogP contribution < -0.4 is 14.8 Å². The van der Waals surface area contributed by atoms with Crippen molar-refractivity contribution in [3.05, 3.63) is 54.1 Å². The Kier molecular flexibility index (Phi) is 6.61. The fourth-order valence-corrected chi connectivity index (χ4v) is 3.90. The van der Waals surface area contributed by atoms with Crippen LogP contribution in [0.5, 0.6) is 11.5 Å². The van der Waals surface area contributed by atoms with Crippen LogP contribution in [0.3, 0.4) is 0 Å². The van der Waals surface area contributed by atoms with Crippen LogP contribution >= 0.6 is 0 Å². The minimum absolute atomic E-state index is 0.0768. The van der Waals surface area contributed by atoms with E-state index in [1.165, 1.54) is 6.42 Å². The highest BCUT2D eigenvalue weighted by Crippen LogP contribution is 2.41. The van der Waals surface area contributed by atoms with Crippen molar-refractivity contribution in [1.29, 1.82) is 0 Å². The van der Waals surface area contributed by atoms with E-state index < -0.39 is 5.41 Å². The van der Waals surface area contributed by atoms with Gasteiger partial charge in [0.25, 0.3) is 0 Å². The molecule has 1 amide bonds. The Morgan fingerprint density at radius 1 is 1.00 bits per heavy atom. The van der Waals surface area contributed by atoms with Crippen LogP contribution in [0.25, 0.3) is 0 Å². The molecule has 1 aliphatic rings. The van der Waals surface area contributed by atoms with Gasteiger partial charge in [0.2, 0.25) is 5.91 Å². The van der Waals surface area contributed by atoms with Gasteiger partial charge in [-0.3, -0.25) is 4.79 Å². The van der Waals surface area contributed by atoms with E-state index in [2.05, 4.69) is 19.2 Å². The number of carbonyl (C=O) groups is 1. The standard InChI is InChI=1S/C24H31NO3/c1-4-18(2)28-22-14-10-20(11-15-22)25-23(26)24(16-6-5-7-17-24)19-8-12-21(27-3)13-9-19/h8-15,18H,4-7,16-17H2,1-3H3,(H,25,26)/t18-/m1/s1. The fraction of sp³-hybridized carbons (Fsp3) is 0.458. The van der Waals surface area contributed by atoms with Crippen molar-refractivity contribution in [2.45, 2.75) is 63.9 Å². The van der Waals surface area contributed by atoms with Gasteiger partial charge in [-0.25, -0.2) is 0 Å². The third-order valence-corrected chi connectivity index (χ3v) is 5.81. The summed E-state index contributed by atoms with van der Waals surface area (Å²) in [6.45, 7) is 4.15. The number of benzene rings is 2. The molecule has 1 aliphatic carbocycles. The number of nitrogens with one attached hydrogen (secondary N) is 1. The quantitative estimate of drug-likeness (QED) is 0.668. The molecular formula is C24H31NO3. The first-order chi connectivity index (χ1) is 13.6. The zero-order chi connectivity index (χ0) is 20.0. The maximum atomic E-state index is 13.4. The molecule has 0 saturated heterocycles. The normalized spacial score (nSPS) is 16.8. The molecule has 0 aromatic heterocycles. The molecule has 1 fully saturated rings. The van der Waals surface area contributed by atoms with Gasteiger partial charge in [-0.2, -0.15) is 0 Å². The molecule has 0 radical (unpaired) electrons. The summed E-state index contributed by atoms with van der Waals surface area (Å²) in [6, 6.07) is 15.6. The fourth-order valence-electron chi connectivity index (χ4n) is 3.90. The Hall–Kier alpha value is -2.49. The van der Waals surface area contributed by atoms with E-state index in [0.717, 1.165) is 54.9 Å². The molecule has 2 aromatic carbocycles. The number of rotatable bonds is 7. The smallest absolute Gasteiger partial charge is 0.235 e. The molecule has 1 saturated carbocycles. The van der Waals surface area contributed by atoms with Gasteiger partial charge < -0.3 is 14.8 Å². The van der Waals surface area contributed by atoms with E-state index in [9.17, 15) is 4.79 Å². The van der Waals surface area contributed by atoms with Gasteiger partial charge in [0.1, 0.15) is 11.5 Å². The van der Waals surface area contributed by atoms with Crippen LogP contribution in [0.15, 0.2) is 48.5 Å². The van der Waals surface area contributed by atoms with Crippen molar-refractivity contribution in [1.82, 2.24) is 0 Å². The van der Waals surface area contributed by atoms with Crippen LogP contribution in [-0.4, -0.2) is 19.1 Å². The third kappa shape index (κ3) is 4.49. The summed E-state index contributed by atoms with van der Waals surface area (Å²) in [4.78, 5) is 13.4. The number of hydrogen-bond acceptors (Lipinski definition) is 3. The number of amides is 1. The molecule has 4 nitrogen and oxygen atoms in total. The van der Waals surface area contributed by atoms with Gasteiger partial charge in [-0.15, -0.1) is 0 Å². The average molecular weight is 382 g/mol. The maximum Gasteiger partial charge on any atom is 0.235 e.